The van der Waals surface area contributed by atoms with Crippen molar-refractivity contribution in [1.29, 1.82) is 0 Å². The molecule has 0 radical (unpaired) electrons. The molecule has 5 aromatic rings. The highest BCUT2D eigenvalue weighted by Gasteiger charge is 2.27. The Morgan fingerprint density at radius 2 is 1.05 bits per heavy atom. The van der Waals surface area contributed by atoms with Gasteiger partial charge < -0.3 is 0 Å². The van der Waals surface area contributed by atoms with E-state index in [1.807, 2.05) is 0 Å². The number of benzene rings is 4. The summed E-state index contributed by atoms with van der Waals surface area (Å²) in [7, 11) is -4.94. The third-order valence-corrected chi connectivity index (χ3v) is 6.05. The Morgan fingerprint density at radius 3 is 1.58 bits per heavy atom. The van der Waals surface area contributed by atoms with Crippen LogP contribution in [0.1, 0.15) is 22.3 Å². The van der Waals surface area contributed by atoms with E-state index >= 15 is 0 Å². The smallest absolute Gasteiger partial charge is 0.222 e. The number of halogens is 1. The van der Waals surface area contributed by atoms with Crippen LogP contribution in [-0.4, -0.2) is 0 Å². The van der Waals surface area contributed by atoms with Crippen molar-refractivity contribution in [3.63, 3.8) is 0 Å². The van der Waals surface area contributed by atoms with Crippen LogP contribution in [0.4, 0.5) is 0 Å². The van der Waals surface area contributed by atoms with Crippen molar-refractivity contribution in [1.82, 2.24) is 0 Å². The van der Waals surface area contributed by atoms with E-state index in [-0.39, 0.29) is 0 Å². The Hall–Kier alpha value is -3.84. The lowest BCUT2D eigenvalue weighted by molar-refractivity contribution is -2.00. The second-order valence-corrected chi connectivity index (χ2v) is 9.73. The first-order valence-corrected chi connectivity index (χ1v) is 13.3. The molecule has 0 saturated heterocycles. The SMILES string of the molecule is Cc1ccc(-c2cc(-c3ccccc3)c(Cc3ccccc3)c(-c3ccc(C)cc3)[o+]2)cc1.[O-][Cl+3]([O-])([O-])[O-]. The first-order chi connectivity index (χ1) is 18.2. The molecule has 0 spiro atoms. The minimum absolute atomic E-state index is 0.798. The molecular weight excluding hydrogens is 500 g/mol. The second-order valence-electron chi connectivity index (χ2n) is 8.97. The van der Waals surface area contributed by atoms with E-state index in [2.05, 4.69) is 129 Å². The van der Waals surface area contributed by atoms with Crippen molar-refractivity contribution in [3.05, 3.63) is 138 Å². The molecule has 4 aromatic carbocycles. The van der Waals surface area contributed by atoms with Crippen LogP contribution in [0.5, 0.6) is 0 Å². The van der Waals surface area contributed by atoms with E-state index in [9.17, 15) is 0 Å². The van der Waals surface area contributed by atoms with Gasteiger partial charge in [0.15, 0.2) is 0 Å². The van der Waals surface area contributed by atoms with E-state index < -0.39 is 10.2 Å². The highest BCUT2D eigenvalue weighted by Crippen LogP contribution is 2.38. The first kappa shape index (κ1) is 27.2. The lowest BCUT2D eigenvalue weighted by atomic mass is 9.91. The van der Waals surface area contributed by atoms with Gasteiger partial charge in [-0.2, -0.15) is 0 Å². The van der Waals surface area contributed by atoms with Gasteiger partial charge in [0, 0.05) is 12.0 Å². The minimum Gasteiger partial charge on any atom is -0.222 e. The molecule has 0 atom stereocenters. The Bertz CT molecular complexity index is 1460. The zero-order valence-corrected chi connectivity index (χ0v) is 21.9. The standard InChI is InChI=1S/C32H27O.ClHO4/c1-23-13-17-27(18-14-23)31-22-29(26-11-7-4-8-12-26)30(21-25-9-5-3-6-10-25)32(33-31)28-19-15-24(2)16-20-28;2-1(3,4)5/h3-20,22H,21H2,1-2H3;(H,2,3,4,5)/q+1;/p-1. The average Bonchev–Trinajstić information content (AvgIpc) is 2.90. The van der Waals surface area contributed by atoms with Gasteiger partial charge in [0.25, 0.3) is 0 Å². The predicted octanol–water partition coefficient (Wildman–Crippen LogP) is 4.01. The molecule has 38 heavy (non-hydrogen) atoms. The van der Waals surface area contributed by atoms with Crippen LogP contribution in [-0.2, 0) is 6.42 Å². The normalized spacial score (nSPS) is 11.0. The molecule has 0 aliphatic rings. The Balaban J connectivity index is 0.000000617. The molecule has 6 heteroatoms. The largest absolute Gasteiger partial charge is 0.364 e. The van der Waals surface area contributed by atoms with Gasteiger partial charge in [0.1, 0.15) is 0 Å². The zero-order chi connectivity index (χ0) is 27.1. The molecule has 192 valence electrons. The lowest BCUT2D eigenvalue weighted by Crippen LogP contribution is -2.68. The molecule has 0 saturated carbocycles. The third kappa shape index (κ3) is 7.59. The van der Waals surface area contributed by atoms with E-state index in [1.165, 1.54) is 33.4 Å². The number of aryl methyl sites for hydroxylation is 2. The first-order valence-electron chi connectivity index (χ1n) is 12.0. The molecule has 5 nitrogen and oxygen atoms in total. The molecule has 1 aromatic heterocycles. The highest BCUT2D eigenvalue weighted by molar-refractivity contribution is 5.79. The second kappa shape index (κ2) is 12.1. The summed E-state index contributed by atoms with van der Waals surface area (Å²) in [4.78, 5) is 0. The molecule has 0 aliphatic carbocycles. The third-order valence-electron chi connectivity index (χ3n) is 6.05. The molecule has 5 rings (SSSR count). The lowest BCUT2D eigenvalue weighted by Gasteiger charge is -2.17. The van der Waals surface area contributed by atoms with Gasteiger partial charge in [-0.3, -0.25) is 0 Å². The highest BCUT2D eigenvalue weighted by atomic mass is 35.7. The molecule has 0 fully saturated rings. The average molecular weight is 527 g/mol. The maximum Gasteiger partial charge on any atom is 0.364 e. The predicted molar refractivity (Wildman–Crippen MR) is 138 cm³/mol. The van der Waals surface area contributed by atoms with Crippen LogP contribution < -0.4 is 18.6 Å². The summed E-state index contributed by atoms with van der Waals surface area (Å²) in [6.07, 6.45) is 0.798. The fourth-order valence-electron chi connectivity index (χ4n) is 4.19. The maximum absolute atomic E-state index is 8.49. The molecule has 1 heterocycles. The zero-order valence-electron chi connectivity index (χ0n) is 21.1. The molecule has 0 aliphatic heterocycles. The van der Waals surface area contributed by atoms with Crippen molar-refractivity contribution in [2.24, 2.45) is 0 Å². The Morgan fingerprint density at radius 1 is 0.579 bits per heavy atom. The van der Waals surface area contributed by atoms with Crippen LogP contribution in [0.15, 0.2) is 120 Å². The van der Waals surface area contributed by atoms with Crippen LogP contribution in [0.3, 0.4) is 0 Å². The van der Waals surface area contributed by atoms with Gasteiger partial charge in [-0.25, -0.2) is 23.1 Å². The van der Waals surface area contributed by atoms with Gasteiger partial charge in [0.05, 0.1) is 22.8 Å². The monoisotopic (exact) mass is 526 g/mol. The fraction of sp³-hybridized carbons (Fsp3) is 0.0938. The molecule has 0 bridgehead atoms. The number of hydrogen-bond donors (Lipinski definition) is 0. The van der Waals surface area contributed by atoms with Crippen molar-refractivity contribution in [3.8, 4) is 33.8 Å². The van der Waals surface area contributed by atoms with Gasteiger partial charge >= 0.3 is 11.5 Å². The van der Waals surface area contributed by atoms with Crippen molar-refractivity contribution in [2.45, 2.75) is 20.3 Å². The van der Waals surface area contributed by atoms with Crippen LogP contribution in [0.25, 0.3) is 33.8 Å². The van der Waals surface area contributed by atoms with Crippen LogP contribution in [0.2, 0.25) is 0 Å². The molecule has 0 N–H and O–H groups in total. The summed E-state index contributed by atoms with van der Waals surface area (Å²) in [5, 5.41) is 0. The van der Waals surface area contributed by atoms with E-state index in [0.717, 1.165) is 29.1 Å². The summed E-state index contributed by atoms with van der Waals surface area (Å²) < 4.78 is 40.7. The van der Waals surface area contributed by atoms with E-state index in [1.54, 1.807) is 0 Å². The topological polar surface area (TPSA) is 104 Å². The van der Waals surface area contributed by atoms with Crippen LogP contribution in [0, 0.1) is 24.1 Å². The minimum atomic E-state index is -4.94. The number of hydrogen-bond acceptors (Lipinski definition) is 4. The summed E-state index contributed by atoms with van der Waals surface area (Å²) in [6.45, 7) is 4.22. The maximum atomic E-state index is 8.49. The molecular formula is C32H27ClO5. The molecule has 0 unspecified atom stereocenters. The summed E-state index contributed by atoms with van der Waals surface area (Å²) in [5.41, 5.74) is 9.52. The van der Waals surface area contributed by atoms with Gasteiger partial charge in [-0.15, -0.1) is 10.2 Å². The van der Waals surface area contributed by atoms with Gasteiger partial charge in [0.2, 0.25) is 0 Å². The van der Waals surface area contributed by atoms with Gasteiger partial charge in [-0.05, 0) is 49.2 Å². The summed E-state index contributed by atoms with van der Waals surface area (Å²) in [5.74, 6) is 1.80. The van der Waals surface area contributed by atoms with Crippen molar-refractivity contribution in [2.75, 3.05) is 0 Å². The van der Waals surface area contributed by atoms with Gasteiger partial charge in [-0.1, -0.05) is 96.1 Å². The van der Waals surface area contributed by atoms with Crippen molar-refractivity contribution >= 4 is 0 Å². The number of rotatable bonds is 5. The summed E-state index contributed by atoms with van der Waals surface area (Å²) >= 11 is 0. The molecule has 0 amide bonds. The van der Waals surface area contributed by atoms with E-state index in [0.29, 0.717) is 0 Å². The Labute approximate surface area is 224 Å². The summed E-state index contributed by atoms with van der Waals surface area (Å²) in [6, 6.07) is 40.6. The Kier molecular flexibility index (Phi) is 8.69. The quantitative estimate of drug-likeness (QED) is 0.322. The van der Waals surface area contributed by atoms with Crippen LogP contribution >= 0.6 is 0 Å². The fourth-order valence-corrected chi connectivity index (χ4v) is 4.19. The van der Waals surface area contributed by atoms with Crippen molar-refractivity contribution < 1.29 is 33.3 Å². The van der Waals surface area contributed by atoms with E-state index in [4.69, 9.17) is 23.1 Å².